The highest BCUT2D eigenvalue weighted by Gasteiger charge is 2.24. The maximum absolute atomic E-state index is 5.53. The zero-order valence-electron chi connectivity index (χ0n) is 35.2. The van der Waals surface area contributed by atoms with E-state index in [1.165, 1.54) is 16.3 Å². The number of fused-ring (bicyclic) bond motifs is 8. The van der Waals surface area contributed by atoms with E-state index < -0.39 is 0 Å². The van der Waals surface area contributed by atoms with Crippen molar-refractivity contribution in [3.8, 4) is 61.7 Å². The van der Waals surface area contributed by atoms with E-state index in [4.69, 9.17) is 15.1 Å². The molecule has 13 aromatic rings. The number of hydrogen-bond acceptors (Lipinski definition) is 3. The van der Waals surface area contributed by atoms with Crippen LogP contribution in [-0.4, -0.2) is 19.7 Å². The molecule has 0 radical (unpaired) electrons. The normalized spacial score (nSPS) is 11.7. The van der Waals surface area contributed by atoms with Gasteiger partial charge in [0.2, 0.25) is 0 Å². The van der Waals surface area contributed by atoms with Crippen LogP contribution in [0.25, 0.3) is 127 Å². The van der Waals surface area contributed by atoms with Crippen LogP contribution in [0, 0.1) is 0 Å². The van der Waals surface area contributed by atoms with Crippen molar-refractivity contribution < 1.29 is 0 Å². The van der Waals surface area contributed by atoms with Gasteiger partial charge in [0.25, 0.3) is 0 Å². The van der Waals surface area contributed by atoms with Crippen LogP contribution in [-0.2, 0) is 0 Å². The van der Waals surface area contributed by atoms with Crippen molar-refractivity contribution in [1.29, 1.82) is 0 Å². The van der Waals surface area contributed by atoms with Gasteiger partial charge >= 0.3 is 0 Å². The summed E-state index contributed by atoms with van der Waals surface area (Å²) in [5, 5.41) is 15.7. The Balaban J connectivity index is 1.11. The Kier molecular flexibility index (Phi) is 8.50. The molecule has 0 saturated carbocycles. The fourth-order valence-corrected chi connectivity index (χ4v) is 10.1. The third kappa shape index (κ3) is 5.96. The average molecular weight is 827 g/mol. The highest BCUT2D eigenvalue weighted by molar-refractivity contribution is 6.26. The predicted octanol–water partition coefficient (Wildman–Crippen LogP) is 15.9. The first kappa shape index (κ1) is 36.9. The molecule has 10 aromatic carbocycles. The number of rotatable bonds is 6. The second-order valence-corrected chi connectivity index (χ2v) is 16.7. The molecule has 0 fully saturated rings. The molecule has 0 N–H and O–H groups in total. The third-order valence-corrected chi connectivity index (χ3v) is 13.0. The van der Waals surface area contributed by atoms with Crippen molar-refractivity contribution >= 4 is 65.0 Å². The molecule has 3 aromatic heterocycles. The second-order valence-electron chi connectivity index (χ2n) is 16.7. The lowest BCUT2D eigenvalue weighted by Gasteiger charge is -2.19. The highest BCUT2D eigenvalue weighted by atomic mass is 15.3. The van der Waals surface area contributed by atoms with E-state index in [2.05, 4.69) is 229 Å². The Morgan fingerprint density at radius 1 is 0.323 bits per heavy atom. The van der Waals surface area contributed by atoms with Crippen LogP contribution in [0.2, 0.25) is 0 Å². The Hall–Kier alpha value is -8.73. The van der Waals surface area contributed by atoms with Gasteiger partial charge in [0.05, 0.1) is 33.6 Å². The summed E-state index contributed by atoms with van der Waals surface area (Å²) in [5.74, 6) is 0. The van der Waals surface area contributed by atoms with Crippen molar-refractivity contribution in [2.24, 2.45) is 0 Å². The maximum atomic E-state index is 5.53. The summed E-state index contributed by atoms with van der Waals surface area (Å²) in [5.41, 5.74) is 14.6. The lowest BCUT2D eigenvalue weighted by atomic mass is 9.84. The van der Waals surface area contributed by atoms with E-state index in [1.807, 2.05) is 6.07 Å². The Morgan fingerprint density at radius 2 is 0.800 bits per heavy atom. The Morgan fingerprint density at radius 3 is 1.42 bits per heavy atom. The summed E-state index contributed by atoms with van der Waals surface area (Å²) in [6.07, 6.45) is 0. The molecular formula is C61H38N4. The van der Waals surface area contributed by atoms with E-state index in [0.29, 0.717) is 0 Å². The van der Waals surface area contributed by atoms with Crippen LogP contribution < -0.4 is 0 Å². The molecule has 65 heavy (non-hydrogen) atoms. The smallest absolute Gasteiger partial charge is 0.101 e. The number of aromatic nitrogens is 4. The fraction of sp³-hybridized carbons (Fsp3) is 0. The van der Waals surface area contributed by atoms with Crippen LogP contribution in [0.1, 0.15) is 0 Å². The van der Waals surface area contributed by atoms with Gasteiger partial charge in [-0.1, -0.05) is 200 Å². The van der Waals surface area contributed by atoms with Crippen LogP contribution in [0.4, 0.5) is 0 Å². The molecule has 3 heterocycles. The molecular weight excluding hydrogens is 789 g/mol. The first-order valence-corrected chi connectivity index (χ1v) is 22.1. The molecule has 0 aliphatic carbocycles. The molecule has 0 bridgehead atoms. The summed E-state index contributed by atoms with van der Waals surface area (Å²) in [4.78, 5) is 10.8. The van der Waals surface area contributed by atoms with Gasteiger partial charge in [-0.15, -0.1) is 0 Å². The summed E-state index contributed by atoms with van der Waals surface area (Å²) in [6, 6.07) is 82.1. The number of nitrogens with zero attached hydrogens (tertiary/aromatic N) is 4. The minimum Gasteiger partial charge on any atom is -0.245 e. The predicted molar refractivity (Wildman–Crippen MR) is 271 cm³/mol. The Labute approximate surface area is 375 Å². The lowest BCUT2D eigenvalue weighted by molar-refractivity contribution is 0.918. The standard InChI is InChI=1S/C61H38N4/c1-5-18-39(19-6-1)51-38-52-49(30-17-31-50(52)61-57(51)58(41-22-9-3-10-23-41)64-65(61)44-24-11-4-12-25-44)55-45-26-13-15-28-47(45)56(48-29-16-14-27-46(48)55)54-37-35-43-33-32-42-34-36-53(40-20-7-2-8-21-40)62-59(42)60(43)63-54/h1-38H. The van der Waals surface area contributed by atoms with Gasteiger partial charge in [-0.2, -0.15) is 5.10 Å². The molecule has 0 saturated heterocycles. The number of benzene rings is 10. The maximum Gasteiger partial charge on any atom is 0.101 e. The minimum absolute atomic E-state index is 0.895. The van der Waals surface area contributed by atoms with E-state index in [9.17, 15) is 0 Å². The third-order valence-electron chi connectivity index (χ3n) is 13.0. The average Bonchev–Trinajstić information content (AvgIpc) is 3.79. The van der Waals surface area contributed by atoms with E-state index in [1.54, 1.807) is 0 Å². The van der Waals surface area contributed by atoms with Crippen molar-refractivity contribution in [3.05, 3.63) is 231 Å². The van der Waals surface area contributed by atoms with Gasteiger partial charge in [0.1, 0.15) is 5.69 Å². The van der Waals surface area contributed by atoms with Gasteiger partial charge in [-0.05, 0) is 79.5 Å². The molecule has 0 unspecified atom stereocenters. The van der Waals surface area contributed by atoms with Crippen molar-refractivity contribution in [2.45, 2.75) is 0 Å². The molecule has 0 spiro atoms. The molecule has 13 rings (SSSR count). The van der Waals surface area contributed by atoms with Crippen molar-refractivity contribution in [2.75, 3.05) is 0 Å². The topological polar surface area (TPSA) is 43.6 Å². The second kappa shape index (κ2) is 15.0. The summed E-state index contributed by atoms with van der Waals surface area (Å²) < 4.78 is 2.16. The van der Waals surface area contributed by atoms with Crippen molar-refractivity contribution in [1.82, 2.24) is 19.7 Å². The van der Waals surface area contributed by atoms with E-state index in [-0.39, 0.29) is 0 Å². The highest BCUT2D eigenvalue weighted by Crippen LogP contribution is 2.48. The van der Waals surface area contributed by atoms with Gasteiger partial charge in [-0.25, -0.2) is 14.6 Å². The van der Waals surface area contributed by atoms with Gasteiger partial charge < -0.3 is 0 Å². The first-order chi connectivity index (χ1) is 32.3. The lowest BCUT2D eigenvalue weighted by Crippen LogP contribution is -1.97. The summed E-state index contributed by atoms with van der Waals surface area (Å²) >= 11 is 0. The number of pyridine rings is 2. The van der Waals surface area contributed by atoms with E-state index >= 15 is 0 Å². The number of para-hydroxylation sites is 1. The molecule has 302 valence electrons. The van der Waals surface area contributed by atoms with Crippen LogP contribution >= 0.6 is 0 Å². The van der Waals surface area contributed by atoms with Crippen LogP contribution in [0.5, 0.6) is 0 Å². The molecule has 4 nitrogen and oxygen atoms in total. The monoisotopic (exact) mass is 826 g/mol. The SMILES string of the molecule is c1ccc(-c2ccc3ccc4ccc(-c5c6ccccc6c(-c6cccc7c6cc(-c6ccccc6)c6c(-c8ccccc8)nn(-c8ccccc8)c67)c6ccccc56)nc4c3n2)cc1. The summed E-state index contributed by atoms with van der Waals surface area (Å²) in [7, 11) is 0. The first-order valence-electron chi connectivity index (χ1n) is 22.1. The van der Waals surface area contributed by atoms with E-state index in [0.717, 1.165) is 110 Å². The largest absolute Gasteiger partial charge is 0.245 e. The molecule has 0 amide bonds. The van der Waals surface area contributed by atoms with Crippen LogP contribution in [0.3, 0.4) is 0 Å². The minimum atomic E-state index is 0.895. The number of hydrogen-bond donors (Lipinski definition) is 0. The van der Waals surface area contributed by atoms with Crippen molar-refractivity contribution in [3.63, 3.8) is 0 Å². The van der Waals surface area contributed by atoms with Gasteiger partial charge in [0, 0.05) is 38.2 Å². The molecule has 4 heteroatoms. The molecule has 0 atom stereocenters. The van der Waals surface area contributed by atoms with Crippen LogP contribution in [0.15, 0.2) is 231 Å². The summed E-state index contributed by atoms with van der Waals surface area (Å²) in [6.45, 7) is 0. The van der Waals surface area contributed by atoms with Gasteiger partial charge in [-0.3, -0.25) is 0 Å². The molecule has 0 aliphatic heterocycles. The fourth-order valence-electron chi connectivity index (χ4n) is 10.1. The molecule has 0 aliphatic rings. The van der Waals surface area contributed by atoms with Gasteiger partial charge in [0.15, 0.2) is 0 Å². The quantitative estimate of drug-likeness (QED) is 0.124. The Bertz CT molecular complexity index is 3920. The zero-order chi connectivity index (χ0) is 42.8. The zero-order valence-corrected chi connectivity index (χ0v) is 35.2.